The molecular weight excluding hydrogens is 447 g/mol. The number of carbonyl (C=O) groups excluding carboxylic acids is 1. The highest BCUT2D eigenvalue weighted by Crippen LogP contribution is 2.32. The average molecular weight is 463 g/mol. The molecule has 0 saturated carbocycles. The number of ether oxygens (including phenoxy) is 1. The third-order valence-corrected chi connectivity index (χ3v) is 4.66. The smallest absolute Gasteiger partial charge is 0.250 e. The van der Waals surface area contributed by atoms with Gasteiger partial charge in [0.25, 0.3) is 0 Å². The van der Waals surface area contributed by atoms with E-state index in [1.807, 2.05) is 0 Å². The maximum atomic E-state index is 12.1. The number of aromatic hydroxyl groups is 1. The molecule has 0 spiro atoms. The van der Waals surface area contributed by atoms with Gasteiger partial charge in [0, 0.05) is 22.7 Å². The van der Waals surface area contributed by atoms with Crippen molar-refractivity contribution < 1.29 is 19.1 Å². The number of nitrogens with one attached hydrogen (secondary N) is 2. The van der Waals surface area contributed by atoms with E-state index in [9.17, 15) is 9.90 Å². The summed E-state index contributed by atoms with van der Waals surface area (Å²) in [5.41, 5.74) is 0.993. The quantitative estimate of drug-likeness (QED) is 0.264. The molecule has 6 nitrogen and oxygen atoms in total. The molecule has 1 aromatic heterocycles. The van der Waals surface area contributed by atoms with Crippen LogP contribution < -0.4 is 15.4 Å². The Hall–Kier alpha value is -3.00. The Morgan fingerprint density at radius 3 is 2.70 bits per heavy atom. The van der Waals surface area contributed by atoms with Gasteiger partial charge in [-0.3, -0.25) is 10.1 Å². The summed E-state index contributed by atoms with van der Waals surface area (Å²) in [4.78, 5) is 12.1. The van der Waals surface area contributed by atoms with Gasteiger partial charge in [0.2, 0.25) is 5.91 Å². The molecule has 0 aliphatic heterocycles. The minimum absolute atomic E-state index is 0.0151. The number of hydrogen-bond donors (Lipinski definition) is 3. The number of phenols is 1. The number of thiocarbonyl (C=S) groups is 1. The van der Waals surface area contributed by atoms with Gasteiger partial charge in [-0.05, 0) is 60.8 Å². The molecule has 154 valence electrons. The van der Waals surface area contributed by atoms with E-state index in [0.717, 1.165) is 0 Å². The van der Waals surface area contributed by atoms with E-state index in [4.69, 9.17) is 44.6 Å². The van der Waals surface area contributed by atoms with Gasteiger partial charge in [-0.1, -0.05) is 23.2 Å². The van der Waals surface area contributed by atoms with E-state index in [2.05, 4.69) is 10.6 Å². The van der Waals surface area contributed by atoms with Gasteiger partial charge < -0.3 is 19.6 Å². The number of halogens is 2. The molecule has 3 rings (SSSR count). The molecule has 0 aliphatic carbocycles. The topological polar surface area (TPSA) is 83.7 Å². The normalized spacial score (nSPS) is 10.8. The van der Waals surface area contributed by atoms with E-state index in [1.165, 1.54) is 25.3 Å². The Labute approximate surface area is 188 Å². The summed E-state index contributed by atoms with van der Waals surface area (Å²) in [6.07, 6.45) is 2.76. The van der Waals surface area contributed by atoms with Crippen LogP contribution in [0.25, 0.3) is 17.4 Å². The first-order chi connectivity index (χ1) is 14.4. The Morgan fingerprint density at radius 2 is 1.97 bits per heavy atom. The van der Waals surface area contributed by atoms with Gasteiger partial charge in [-0.25, -0.2) is 0 Å². The molecule has 2 aromatic carbocycles. The van der Waals surface area contributed by atoms with Crippen LogP contribution in [0, 0.1) is 0 Å². The number of benzene rings is 2. The molecule has 1 amide bonds. The summed E-state index contributed by atoms with van der Waals surface area (Å²) < 4.78 is 10.8. The molecule has 0 unspecified atom stereocenters. The van der Waals surface area contributed by atoms with Crippen LogP contribution in [0.15, 0.2) is 59.0 Å². The molecule has 30 heavy (non-hydrogen) atoms. The zero-order chi connectivity index (χ0) is 21.7. The summed E-state index contributed by atoms with van der Waals surface area (Å²) in [5.74, 6) is 1.01. The fraction of sp³-hybridized carbons (Fsp3) is 0.0476. The van der Waals surface area contributed by atoms with Crippen molar-refractivity contribution in [3.8, 4) is 22.8 Å². The van der Waals surface area contributed by atoms with Crippen LogP contribution in [0.5, 0.6) is 11.5 Å². The maximum Gasteiger partial charge on any atom is 0.250 e. The van der Waals surface area contributed by atoms with Crippen LogP contribution in [0.4, 0.5) is 5.69 Å². The van der Waals surface area contributed by atoms with Crippen molar-refractivity contribution in [1.82, 2.24) is 5.32 Å². The van der Waals surface area contributed by atoms with Crippen molar-refractivity contribution in [1.29, 1.82) is 0 Å². The zero-order valence-corrected chi connectivity index (χ0v) is 17.9. The lowest BCUT2D eigenvalue weighted by Gasteiger charge is -2.11. The molecular formula is C21H16Cl2N2O4S. The van der Waals surface area contributed by atoms with E-state index in [-0.39, 0.29) is 10.9 Å². The molecule has 0 radical (unpaired) electrons. The van der Waals surface area contributed by atoms with Crippen LogP contribution in [0.3, 0.4) is 0 Å². The van der Waals surface area contributed by atoms with Crippen LogP contribution in [0.1, 0.15) is 5.76 Å². The van der Waals surface area contributed by atoms with Gasteiger partial charge in [0.1, 0.15) is 23.0 Å². The van der Waals surface area contributed by atoms with Gasteiger partial charge in [0.05, 0.1) is 17.8 Å². The molecule has 0 bridgehead atoms. The van der Waals surface area contributed by atoms with Crippen LogP contribution in [-0.4, -0.2) is 23.2 Å². The van der Waals surface area contributed by atoms with E-state index >= 15 is 0 Å². The highest BCUT2D eigenvalue weighted by atomic mass is 35.5. The van der Waals surface area contributed by atoms with Gasteiger partial charge in [-0.2, -0.15) is 0 Å². The summed E-state index contributed by atoms with van der Waals surface area (Å²) in [5, 5.41) is 16.1. The predicted octanol–water partition coefficient (Wildman–Crippen LogP) is 5.49. The van der Waals surface area contributed by atoms with Crippen LogP contribution in [-0.2, 0) is 4.79 Å². The molecule has 0 aliphatic rings. The molecule has 0 saturated heterocycles. The first-order valence-corrected chi connectivity index (χ1v) is 9.74. The molecule has 1 heterocycles. The second-order valence-corrected chi connectivity index (χ2v) is 7.24. The number of amides is 1. The Bertz CT molecular complexity index is 1130. The van der Waals surface area contributed by atoms with Gasteiger partial charge >= 0.3 is 0 Å². The predicted molar refractivity (Wildman–Crippen MR) is 122 cm³/mol. The van der Waals surface area contributed by atoms with Crippen LogP contribution >= 0.6 is 35.4 Å². The first-order valence-electron chi connectivity index (χ1n) is 8.58. The maximum absolute atomic E-state index is 12.1. The fourth-order valence-electron chi connectivity index (χ4n) is 2.48. The number of methoxy groups -OCH3 is 1. The molecule has 9 heteroatoms. The second-order valence-electron chi connectivity index (χ2n) is 5.99. The number of anilines is 1. The summed E-state index contributed by atoms with van der Waals surface area (Å²) in [7, 11) is 1.50. The number of phenolic OH excluding ortho intramolecular Hbond substituents is 1. The number of furan rings is 1. The van der Waals surface area contributed by atoms with Gasteiger partial charge in [-0.15, -0.1) is 0 Å². The van der Waals surface area contributed by atoms with Crippen molar-refractivity contribution in [3.63, 3.8) is 0 Å². The molecule has 3 aromatic rings. The lowest BCUT2D eigenvalue weighted by atomic mass is 10.2. The Morgan fingerprint density at radius 1 is 1.17 bits per heavy atom. The monoisotopic (exact) mass is 462 g/mol. The summed E-state index contributed by atoms with van der Waals surface area (Å²) >= 11 is 17.2. The molecule has 0 atom stereocenters. The highest BCUT2D eigenvalue weighted by Gasteiger charge is 2.10. The third kappa shape index (κ3) is 5.54. The molecule has 0 fully saturated rings. The summed E-state index contributed by atoms with van der Waals surface area (Å²) in [6.45, 7) is 0. The highest BCUT2D eigenvalue weighted by molar-refractivity contribution is 7.80. The van der Waals surface area contributed by atoms with Crippen molar-refractivity contribution >= 4 is 58.2 Å². The average Bonchev–Trinajstić information content (AvgIpc) is 3.16. The van der Waals surface area contributed by atoms with Crippen LogP contribution in [0.2, 0.25) is 10.0 Å². The second kappa shape index (κ2) is 9.67. The van der Waals surface area contributed by atoms with Crippen molar-refractivity contribution in [3.05, 3.63) is 70.4 Å². The lowest BCUT2D eigenvalue weighted by molar-refractivity contribution is -0.115. The van der Waals surface area contributed by atoms with Crippen molar-refractivity contribution in [2.24, 2.45) is 0 Å². The molecule has 3 N–H and O–H groups in total. The first kappa shape index (κ1) is 21.7. The summed E-state index contributed by atoms with van der Waals surface area (Å²) in [6, 6.07) is 13.1. The van der Waals surface area contributed by atoms with Crippen molar-refractivity contribution in [2.45, 2.75) is 0 Å². The Kier molecular flexibility index (Phi) is 6.99. The van der Waals surface area contributed by atoms with Gasteiger partial charge in [0.15, 0.2) is 5.11 Å². The standard InChI is InChI=1S/C21H16Cl2N2O4S/c1-28-14-3-7-18(26)17(11-14)24-21(30)25-20(27)9-5-13-4-8-19(29-13)15-6-2-12(22)10-16(15)23/h2-11,26H,1H3,(H2,24,25,27,30)/b9-5+. The number of rotatable bonds is 5. The zero-order valence-electron chi connectivity index (χ0n) is 15.6. The minimum atomic E-state index is -0.475. The van der Waals surface area contributed by atoms with E-state index in [1.54, 1.807) is 42.5 Å². The minimum Gasteiger partial charge on any atom is -0.506 e. The van der Waals surface area contributed by atoms with E-state index in [0.29, 0.717) is 38.6 Å². The van der Waals surface area contributed by atoms with Crippen molar-refractivity contribution in [2.75, 3.05) is 12.4 Å². The number of hydrogen-bond acceptors (Lipinski definition) is 5. The van der Waals surface area contributed by atoms with E-state index < -0.39 is 5.91 Å². The lowest BCUT2D eigenvalue weighted by Crippen LogP contribution is -2.32. The largest absolute Gasteiger partial charge is 0.506 e. The fourth-order valence-corrected chi connectivity index (χ4v) is 3.20. The number of carbonyl (C=O) groups is 1. The SMILES string of the molecule is COc1ccc(O)c(NC(=S)NC(=O)/C=C/c2ccc(-c3ccc(Cl)cc3Cl)o2)c1. The Balaban J connectivity index is 1.61. The third-order valence-electron chi connectivity index (χ3n) is 3.91.